The molecule has 0 radical (unpaired) electrons. The summed E-state index contributed by atoms with van der Waals surface area (Å²) in [5.74, 6) is -1.36. The normalized spacial score (nSPS) is 11.9. The summed E-state index contributed by atoms with van der Waals surface area (Å²) in [4.78, 5) is 34.8. The third-order valence-electron chi connectivity index (χ3n) is 5.06. The maximum Gasteiger partial charge on any atom is 0.335 e. The molecule has 1 atom stereocenters. The molecule has 0 aliphatic carbocycles. The Morgan fingerprint density at radius 1 is 1.16 bits per heavy atom. The second kappa shape index (κ2) is 8.35. The molecule has 31 heavy (non-hydrogen) atoms. The van der Waals surface area contributed by atoms with Gasteiger partial charge in [-0.05, 0) is 48.4 Å². The Hall–Kier alpha value is -4.07. The van der Waals surface area contributed by atoms with Crippen LogP contribution in [-0.4, -0.2) is 36.3 Å². The molecular formula is C23H19FN4O3. The third-order valence-corrected chi connectivity index (χ3v) is 5.06. The van der Waals surface area contributed by atoms with Gasteiger partial charge in [0.25, 0.3) is 5.91 Å². The van der Waals surface area contributed by atoms with Crippen LogP contribution in [0.2, 0.25) is 0 Å². The van der Waals surface area contributed by atoms with Crippen molar-refractivity contribution < 1.29 is 19.1 Å². The topological polar surface area (TPSA) is 87.8 Å². The number of halogens is 1. The summed E-state index contributed by atoms with van der Waals surface area (Å²) in [6, 6.07) is 13.7. The van der Waals surface area contributed by atoms with Gasteiger partial charge in [-0.25, -0.2) is 19.2 Å². The lowest BCUT2D eigenvalue weighted by molar-refractivity contribution is 0.0668. The van der Waals surface area contributed by atoms with E-state index in [1.165, 1.54) is 24.3 Å². The van der Waals surface area contributed by atoms with Gasteiger partial charge in [-0.15, -0.1) is 0 Å². The highest BCUT2D eigenvalue weighted by molar-refractivity contribution is 5.93. The average molecular weight is 418 g/mol. The molecule has 2 aromatic heterocycles. The van der Waals surface area contributed by atoms with Crippen LogP contribution in [0.25, 0.3) is 5.78 Å². The minimum absolute atomic E-state index is 0.135. The molecule has 2 heterocycles. The number of nitrogens with zero attached hydrogens (tertiary/aromatic N) is 4. The number of carboxylic acids is 1. The van der Waals surface area contributed by atoms with E-state index in [2.05, 4.69) is 9.97 Å². The number of rotatable bonds is 6. The van der Waals surface area contributed by atoms with Gasteiger partial charge in [0.1, 0.15) is 11.5 Å². The van der Waals surface area contributed by atoms with Gasteiger partial charge in [-0.2, -0.15) is 0 Å². The monoisotopic (exact) mass is 418 g/mol. The third kappa shape index (κ3) is 4.28. The van der Waals surface area contributed by atoms with Crippen LogP contribution in [0.1, 0.15) is 44.9 Å². The quantitative estimate of drug-likeness (QED) is 0.512. The fraction of sp³-hybridized carbons (Fsp3) is 0.130. The Morgan fingerprint density at radius 3 is 2.65 bits per heavy atom. The number of aromatic carboxylic acids is 1. The van der Waals surface area contributed by atoms with E-state index < -0.39 is 12.0 Å². The molecule has 0 spiro atoms. The Morgan fingerprint density at radius 2 is 1.94 bits per heavy atom. The number of aromatic nitrogens is 3. The number of hydrogen-bond acceptors (Lipinski definition) is 4. The number of imidazole rings is 1. The molecule has 8 heteroatoms. The molecule has 1 amide bonds. The fourth-order valence-electron chi connectivity index (χ4n) is 3.39. The lowest BCUT2D eigenvalue weighted by Crippen LogP contribution is -2.33. The summed E-state index contributed by atoms with van der Waals surface area (Å²) in [7, 11) is 0. The smallest absolute Gasteiger partial charge is 0.335 e. The van der Waals surface area contributed by atoms with Crippen LogP contribution in [0.5, 0.6) is 0 Å². The van der Waals surface area contributed by atoms with Crippen LogP contribution < -0.4 is 0 Å². The first-order valence-corrected chi connectivity index (χ1v) is 9.61. The summed E-state index contributed by atoms with van der Waals surface area (Å²) >= 11 is 0. The van der Waals surface area contributed by atoms with Crippen LogP contribution in [0.4, 0.5) is 4.39 Å². The lowest BCUT2D eigenvalue weighted by atomic mass is 10.0. The predicted octanol–water partition coefficient (Wildman–Crippen LogP) is 3.97. The summed E-state index contributed by atoms with van der Waals surface area (Å²) in [6.45, 7) is 1.99. The Labute approximate surface area is 177 Å². The zero-order valence-electron chi connectivity index (χ0n) is 16.6. The summed E-state index contributed by atoms with van der Waals surface area (Å²) < 4.78 is 15.1. The Kier molecular flexibility index (Phi) is 5.44. The van der Waals surface area contributed by atoms with E-state index in [0.717, 1.165) is 5.56 Å². The van der Waals surface area contributed by atoms with Crippen LogP contribution in [0.3, 0.4) is 0 Å². The van der Waals surface area contributed by atoms with Gasteiger partial charge in [-0.1, -0.05) is 24.3 Å². The Balaban J connectivity index is 1.72. The van der Waals surface area contributed by atoms with E-state index in [-0.39, 0.29) is 29.5 Å². The van der Waals surface area contributed by atoms with Crippen LogP contribution in [-0.2, 0) is 6.54 Å². The average Bonchev–Trinajstić information content (AvgIpc) is 3.21. The molecule has 156 valence electrons. The number of carbonyl (C=O) groups excluding carboxylic acids is 1. The molecule has 1 N–H and O–H groups in total. The molecule has 4 aromatic rings. The first-order valence-electron chi connectivity index (χ1n) is 9.61. The van der Waals surface area contributed by atoms with E-state index in [1.54, 1.807) is 58.2 Å². The zero-order valence-corrected chi connectivity index (χ0v) is 16.6. The molecule has 7 nitrogen and oxygen atoms in total. The van der Waals surface area contributed by atoms with Crippen molar-refractivity contribution in [2.45, 2.75) is 19.5 Å². The maximum absolute atomic E-state index is 13.5. The number of benzene rings is 2. The molecule has 4 rings (SSSR count). The summed E-state index contributed by atoms with van der Waals surface area (Å²) in [5.41, 5.74) is 1.74. The number of fused-ring (bicyclic) bond motifs is 1. The summed E-state index contributed by atoms with van der Waals surface area (Å²) in [5, 5.41) is 9.29. The van der Waals surface area contributed by atoms with E-state index in [1.807, 2.05) is 6.92 Å². The minimum Gasteiger partial charge on any atom is -0.478 e. The van der Waals surface area contributed by atoms with E-state index in [0.29, 0.717) is 11.3 Å². The molecule has 0 saturated carbocycles. The Bertz CT molecular complexity index is 1220. The molecule has 0 aliphatic rings. The van der Waals surface area contributed by atoms with Gasteiger partial charge in [-0.3, -0.25) is 9.20 Å². The van der Waals surface area contributed by atoms with Crippen LogP contribution in [0.15, 0.2) is 73.2 Å². The van der Waals surface area contributed by atoms with E-state index >= 15 is 0 Å². The van der Waals surface area contributed by atoms with Crippen molar-refractivity contribution in [3.8, 4) is 0 Å². The highest BCUT2D eigenvalue weighted by Gasteiger charge is 2.25. The predicted molar refractivity (Wildman–Crippen MR) is 111 cm³/mol. The van der Waals surface area contributed by atoms with Gasteiger partial charge < -0.3 is 10.0 Å². The van der Waals surface area contributed by atoms with Gasteiger partial charge >= 0.3 is 5.97 Å². The van der Waals surface area contributed by atoms with Crippen molar-refractivity contribution in [2.75, 3.05) is 0 Å². The van der Waals surface area contributed by atoms with Gasteiger partial charge in [0.05, 0.1) is 11.6 Å². The van der Waals surface area contributed by atoms with Crippen molar-refractivity contribution in [3.05, 3.63) is 101 Å². The lowest BCUT2D eigenvalue weighted by Gasteiger charge is -2.29. The van der Waals surface area contributed by atoms with Gasteiger partial charge in [0.15, 0.2) is 0 Å². The fourth-order valence-corrected chi connectivity index (χ4v) is 3.39. The number of hydrogen-bond donors (Lipinski definition) is 1. The molecule has 0 bridgehead atoms. The van der Waals surface area contributed by atoms with Crippen molar-refractivity contribution >= 4 is 17.7 Å². The zero-order chi connectivity index (χ0) is 22.0. The number of amides is 1. The second-order valence-corrected chi connectivity index (χ2v) is 7.12. The van der Waals surface area contributed by atoms with Crippen molar-refractivity contribution in [3.63, 3.8) is 0 Å². The van der Waals surface area contributed by atoms with Crippen LogP contribution in [0, 0.1) is 5.82 Å². The number of carbonyl (C=O) groups is 2. The van der Waals surface area contributed by atoms with Gasteiger partial charge in [0.2, 0.25) is 5.78 Å². The SMILES string of the molecule is C[C@H](c1ccc(F)cc1)N(Cc1cccc(C(=O)O)c1)C(=O)c1cn2cccnc2n1. The highest BCUT2D eigenvalue weighted by Crippen LogP contribution is 2.25. The molecule has 0 fully saturated rings. The largest absolute Gasteiger partial charge is 0.478 e. The number of carboxylic acid groups (broad SMARTS) is 1. The van der Waals surface area contributed by atoms with E-state index in [4.69, 9.17) is 0 Å². The molecule has 2 aromatic carbocycles. The second-order valence-electron chi connectivity index (χ2n) is 7.12. The minimum atomic E-state index is -1.04. The summed E-state index contributed by atoms with van der Waals surface area (Å²) in [6.07, 6.45) is 4.94. The molecular weight excluding hydrogens is 399 g/mol. The van der Waals surface area contributed by atoms with Crippen molar-refractivity contribution in [1.29, 1.82) is 0 Å². The van der Waals surface area contributed by atoms with Crippen molar-refractivity contribution in [2.24, 2.45) is 0 Å². The first kappa shape index (κ1) is 20.2. The van der Waals surface area contributed by atoms with Gasteiger partial charge in [0, 0.05) is 25.1 Å². The maximum atomic E-state index is 13.5. The van der Waals surface area contributed by atoms with Crippen molar-refractivity contribution in [1.82, 2.24) is 19.3 Å². The molecule has 0 aliphatic heterocycles. The standard InChI is InChI=1S/C23H19FN4O3/c1-15(17-6-8-19(24)9-7-17)28(13-16-4-2-5-18(12-16)22(30)31)21(29)20-14-27-11-3-10-25-23(27)26-20/h2-12,14-15H,13H2,1H3,(H,30,31)/t15-/m1/s1. The molecule has 0 saturated heterocycles. The van der Waals surface area contributed by atoms with E-state index in [9.17, 15) is 19.1 Å². The first-order chi connectivity index (χ1) is 14.9. The highest BCUT2D eigenvalue weighted by atomic mass is 19.1. The molecule has 0 unspecified atom stereocenters. The van der Waals surface area contributed by atoms with Crippen LogP contribution >= 0.6 is 0 Å².